The summed E-state index contributed by atoms with van der Waals surface area (Å²) in [6, 6.07) is 24.6. The Balaban J connectivity index is 1.07. The number of thioether (sulfide) groups is 2. The van der Waals surface area contributed by atoms with Crippen molar-refractivity contribution in [2.24, 2.45) is 9.98 Å². The summed E-state index contributed by atoms with van der Waals surface area (Å²) in [5.41, 5.74) is 5.14. The summed E-state index contributed by atoms with van der Waals surface area (Å²) in [5, 5.41) is 10.5. The number of hydrogen-bond donors (Lipinski definition) is 2. The molecule has 198 valence electrons. The quantitative estimate of drug-likeness (QED) is 0.328. The molecule has 0 spiro atoms. The SMILES string of the molecule is Clc1ccc(CN2CN=C(SCc3ccccc3CSC3=NCN(Cc4ccc(Cl)cc4)CN3)NC2)cc1. The van der Waals surface area contributed by atoms with Crippen LogP contribution in [-0.4, -0.2) is 46.8 Å². The van der Waals surface area contributed by atoms with Crippen LogP contribution in [0.3, 0.4) is 0 Å². The van der Waals surface area contributed by atoms with E-state index in [1.165, 1.54) is 22.3 Å². The van der Waals surface area contributed by atoms with Gasteiger partial charge in [-0.2, -0.15) is 0 Å². The summed E-state index contributed by atoms with van der Waals surface area (Å²) in [5.74, 6) is 1.77. The molecule has 0 bridgehead atoms. The van der Waals surface area contributed by atoms with E-state index in [-0.39, 0.29) is 0 Å². The fourth-order valence-electron chi connectivity index (χ4n) is 4.13. The van der Waals surface area contributed by atoms with E-state index in [0.29, 0.717) is 13.3 Å². The Morgan fingerprint density at radius 3 is 1.42 bits per heavy atom. The third-order valence-electron chi connectivity index (χ3n) is 6.22. The number of aliphatic imine (C=N–C) groups is 2. The average molecular weight is 586 g/mol. The number of nitrogens with one attached hydrogen (secondary N) is 2. The second-order valence-electron chi connectivity index (χ2n) is 9.14. The number of hydrogen-bond acceptors (Lipinski definition) is 8. The Morgan fingerprint density at radius 2 is 1.05 bits per heavy atom. The smallest absolute Gasteiger partial charge is 0.159 e. The van der Waals surface area contributed by atoms with Gasteiger partial charge in [0.1, 0.15) is 0 Å². The molecule has 5 rings (SSSR count). The van der Waals surface area contributed by atoms with E-state index < -0.39 is 0 Å². The van der Waals surface area contributed by atoms with Crippen LogP contribution in [0.15, 0.2) is 82.8 Å². The standard InChI is InChI=1S/C28H30Cl2N6S2/c29-25-9-5-21(6-10-25)13-35-17-31-27(32-18-35)37-15-23-3-1-2-4-24(23)16-38-28-33-19-36(20-34-28)14-22-7-11-26(30)12-8-22/h1-12H,13-20H2,(H,31,32)(H,33,34). The highest BCUT2D eigenvalue weighted by Crippen LogP contribution is 2.23. The van der Waals surface area contributed by atoms with Crippen LogP contribution >= 0.6 is 46.7 Å². The second kappa shape index (κ2) is 13.7. The van der Waals surface area contributed by atoms with Gasteiger partial charge in [0.15, 0.2) is 10.3 Å². The summed E-state index contributed by atoms with van der Waals surface area (Å²) >= 11 is 15.5. The Hall–Kier alpha value is -2.20. The third kappa shape index (κ3) is 8.15. The lowest BCUT2D eigenvalue weighted by molar-refractivity contribution is 0.258. The molecule has 0 saturated carbocycles. The molecule has 2 aliphatic rings. The molecule has 0 unspecified atom stereocenters. The summed E-state index contributed by atoms with van der Waals surface area (Å²) in [6.45, 7) is 4.65. The summed E-state index contributed by atoms with van der Waals surface area (Å²) in [7, 11) is 0. The van der Waals surface area contributed by atoms with Crippen molar-refractivity contribution in [3.8, 4) is 0 Å². The van der Waals surface area contributed by atoms with E-state index in [2.05, 4.69) is 69.0 Å². The van der Waals surface area contributed by atoms with Gasteiger partial charge in [-0.05, 0) is 46.5 Å². The molecule has 0 aromatic heterocycles. The van der Waals surface area contributed by atoms with Gasteiger partial charge in [0.05, 0.1) is 26.7 Å². The molecule has 0 fully saturated rings. The number of amidine groups is 2. The largest absolute Gasteiger partial charge is 0.352 e. The van der Waals surface area contributed by atoms with Gasteiger partial charge in [0.2, 0.25) is 0 Å². The molecule has 38 heavy (non-hydrogen) atoms. The van der Waals surface area contributed by atoms with Crippen LogP contribution in [0.2, 0.25) is 10.0 Å². The lowest BCUT2D eigenvalue weighted by Gasteiger charge is -2.27. The molecule has 2 heterocycles. The molecular weight excluding hydrogens is 555 g/mol. The molecule has 3 aromatic rings. The maximum Gasteiger partial charge on any atom is 0.159 e. The van der Waals surface area contributed by atoms with Gasteiger partial charge in [0, 0.05) is 34.6 Å². The van der Waals surface area contributed by atoms with Gasteiger partial charge in [-0.1, -0.05) is 95.3 Å². The Labute approximate surface area is 242 Å². The molecule has 2 N–H and O–H groups in total. The van der Waals surface area contributed by atoms with E-state index in [1.807, 2.05) is 24.3 Å². The molecule has 0 amide bonds. The molecule has 0 saturated heterocycles. The van der Waals surface area contributed by atoms with Crippen LogP contribution in [0.4, 0.5) is 0 Å². The highest BCUT2D eigenvalue weighted by molar-refractivity contribution is 8.13. The summed E-state index contributed by atoms with van der Waals surface area (Å²) in [4.78, 5) is 14.0. The minimum Gasteiger partial charge on any atom is -0.352 e. The lowest BCUT2D eigenvalue weighted by atomic mass is 10.1. The van der Waals surface area contributed by atoms with Gasteiger partial charge in [-0.3, -0.25) is 9.80 Å². The van der Waals surface area contributed by atoms with E-state index in [0.717, 1.165) is 58.3 Å². The van der Waals surface area contributed by atoms with E-state index >= 15 is 0 Å². The predicted octanol–water partition coefficient (Wildman–Crippen LogP) is 6.21. The highest BCUT2D eigenvalue weighted by Gasteiger charge is 2.16. The predicted molar refractivity (Wildman–Crippen MR) is 164 cm³/mol. The van der Waals surface area contributed by atoms with Gasteiger partial charge >= 0.3 is 0 Å². The van der Waals surface area contributed by atoms with Gasteiger partial charge in [-0.15, -0.1) is 0 Å². The maximum atomic E-state index is 6.00. The first-order valence-corrected chi connectivity index (χ1v) is 15.2. The molecule has 6 nitrogen and oxygen atoms in total. The lowest BCUT2D eigenvalue weighted by Crippen LogP contribution is -2.41. The van der Waals surface area contributed by atoms with Crippen molar-refractivity contribution < 1.29 is 0 Å². The Bertz CT molecular complexity index is 1170. The van der Waals surface area contributed by atoms with Crippen molar-refractivity contribution in [1.29, 1.82) is 0 Å². The molecule has 3 aromatic carbocycles. The monoisotopic (exact) mass is 584 g/mol. The van der Waals surface area contributed by atoms with Crippen molar-refractivity contribution in [3.63, 3.8) is 0 Å². The van der Waals surface area contributed by atoms with Crippen LogP contribution in [0.1, 0.15) is 22.3 Å². The first-order valence-electron chi connectivity index (χ1n) is 12.4. The zero-order chi connectivity index (χ0) is 26.2. The minimum atomic E-state index is 0.690. The molecule has 0 radical (unpaired) electrons. The Morgan fingerprint density at radius 1 is 0.632 bits per heavy atom. The summed E-state index contributed by atoms with van der Waals surface area (Å²) < 4.78 is 0. The van der Waals surface area contributed by atoms with E-state index in [1.54, 1.807) is 23.5 Å². The normalized spacial score (nSPS) is 16.4. The van der Waals surface area contributed by atoms with Gasteiger partial charge < -0.3 is 10.6 Å². The maximum absolute atomic E-state index is 6.00. The van der Waals surface area contributed by atoms with Crippen molar-refractivity contribution in [2.45, 2.75) is 24.6 Å². The number of benzene rings is 3. The van der Waals surface area contributed by atoms with Crippen LogP contribution in [0.5, 0.6) is 0 Å². The Kier molecular flexibility index (Phi) is 9.89. The van der Waals surface area contributed by atoms with Crippen LogP contribution in [0, 0.1) is 0 Å². The molecular formula is C28H30Cl2N6S2. The van der Waals surface area contributed by atoms with E-state index in [4.69, 9.17) is 33.2 Å². The van der Waals surface area contributed by atoms with Crippen LogP contribution < -0.4 is 10.6 Å². The zero-order valence-electron chi connectivity index (χ0n) is 20.9. The van der Waals surface area contributed by atoms with Crippen molar-refractivity contribution >= 4 is 57.1 Å². The molecule has 10 heteroatoms. The topological polar surface area (TPSA) is 55.3 Å². The number of nitrogens with zero attached hydrogens (tertiary/aromatic N) is 4. The zero-order valence-corrected chi connectivity index (χ0v) is 24.1. The first kappa shape index (κ1) is 27.4. The third-order valence-corrected chi connectivity index (χ3v) is 8.73. The van der Waals surface area contributed by atoms with E-state index in [9.17, 15) is 0 Å². The first-order chi connectivity index (χ1) is 18.6. The number of rotatable bonds is 8. The second-order valence-corrected chi connectivity index (χ2v) is 11.9. The highest BCUT2D eigenvalue weighted by atomic mass is 35.5. The molecule has 0 aliphatic carbocycles. The molecule has 2 aliphatic heterocycles. The number of halogens is 2. The van der Waals surface area contributed by atoms with Gasteiger partial charge in [-0.25, -0.2) is 9.98 Å². The van der Waals surface area contributed by atoms with Crippen molar-refractivity contribution in [2.75, 3.05) is 26.7 Å². The van der Waals surface area contributed by atoms with Crippen LogP contribution in [-0.2, 0) is 24.6 Å². The summed E-state index contributed by atoms with van der Waals surface area (Å²) in [6.07, 6.45) is 0. The molecule has 0 atom stereocenters. The van der Waals surface area contributed by atoms with Gasteiger partial charge in [0.25, 0.3) is 0 Å². The minimum absolute atomic E-state index is 0.690. The fourth-order valence-corrected chi connectivity index (χ4v) is 6.16. The van der Waals surface area contributed by atoms with Crippen LogP contribution in [0.25, 0.3) is 0 Å². The average Bonchev–Trinajstić information content (AvgIpc) is 2.95. The fraction of sp³-hybridized carbons (Fsp3) is 0.286. The van der Waals surface area contributed by atoms with Crippen molar-refractivity contribution in [3.05, 3.63) is 105 Å². The van der Waals surface area contributed by atoms with Crippen molar-refractivity contribution in [1.82, 2.24) is 20.4 Å².